The number of carbonyl (C=O) groups is 2. The van der Waals surface area contributed by atoms with Crippen molar-refractivity contribution >= 4 is 17.4 Å². The first kappa shape index (κ1) is 22.3. The van der Waals surface area contributed by atoms with E-state index in [2.05, 4.69) is 36.9 Å². The van der Waals surface area contributed by atoms with Crippen LogP contribution in [0.15, 0.2) is 54.2 Å². The molecule has 0 unspecified atom stereocenters. The molecule has 0 saturated heterocycles. The van der Waals surface area contributed by atoms with Crippen LogP contribution in [0.25, 0.3) is 5.57 Å². The minimum Gasteiger partial charge on any atom is -0.362 e. The fourth-order valence-corrected chi connectivity index (χ4v) is 5.17. The van der Waals surface area contributed by atoms with E-state index in [1.165, 1.54) is 12.8 Å². The number of benzene rings is 2. The maximum Gasteiger partial charge on any atom is 0.278 e. The van der Waals surface area contributed by atoms with E-state index >= 15 is 0 Å². The Morgan fingerprint density at radius 3 is 2.22 bits per heavy atom. The van der Waals surface area contributed by atoms with Gasteiger partial charge in [0.1, 0.15) is 5.70 Å². The fraction of sp³-hybridized carbons (Fsp3) is 0.429. The molecular weight excluding hydrogens is 396 g/mol. The first-order valence-electron chi connectivity index (χ1n) is 12.0. The van der Waals surface area contributed by atoms with E-state index in [0.717, 1.165) is 47.9 Å². The summed E-state index contributed by atoms with van der Waals surface area (Å²) in [6.45, 7) is 7.42. The van der Waals surface area contributed by atoms with Crippen molar-refractivity contribution in [3.8, 4) is 0 Å². The minimum absolute atomic E-state index is 0.00573. The van der Waals surface area contributed by atoms with E-state index in [1.54, 1.807) is 4.90 Å². The molecule has 0 aromatic heterocycles. The molecule has 4 nitrogen and oxygen atoms in total. The monoisotopic (exact) mass is 430 g/mol. The Morgan fingerprint density at radius 1 is 0.906 bits per heavy atom. The van der Waals surface area contributed by atoms with Gasteiger partial charge in [-0.1, -0.05) is 79.8 Å². The van der Waals surface area contributed by atoms with Crippen LogP contribution in [0.4, 0.5) is 0 Å². The van der Waals surface area contributed by atoms with Crippen molar-refractivity contribution in [3.05, 3.63) is 76.5 Å². The van der Waals surface area contributed by atoms with Gasteiger partial charge in [0, 0.05) is 19.1 Å². The quantitative estimate of drug-likeness (QED) is 0.441. The lowest BCUT2D eigenvalue weighted by atomic mass is 9.97. The Morgan fingerprint density at radius 2 is 1.59 bits per heavy atom. The number of hydrogen-bond donors (Lipinski definition) is 0. The van der Waals surface area contributed by atoms with Crippen LogP contribution in [0.5, 0.6) is 0 Å². The standard InChI is InChI=1S/C28H34N2O2/c1-4-29(19-22-12-8-7-9-13-22)26-25(24-17-16-20(2)18-21(24)3)27(31)30(28(26)32)23-14-10-5-6-11-15-23/h7-9,12-13,16-18,23H,4-6,10-11,14-15,19H2,1-3H3. The summed E-state index contributed by atoms with van der Waals surface area (Å²) < 4.78 is 0. The molecule has 1 aliphatic carbocycles. The van der Waals surface area contributed by atoms with Crippen molar-refractivity contribution < 1.29 is 9.59 Å². The lowest BCUT2D eigenvalue weighted by molar-refractivity contribution is -0.140. The highest BCUT2D eigenvalue weighted by Gasteiger charge is 2.44. The van der Waals surface area contributed by atoms with Gasteiger partial charge in [-0.15, -0.1) is 0 Å². The molecule has 2 aromatic carbocycles. The third kappa shape index (κ3) is 4.36. The van der Waals surface area contributed by atoms with Gasteiger partial charge in [0.25, 0.3) is 11.8 Å². The second-order valence-electron chi connectivity index (χ2n) is 9.17. The molecule has 0 N–H and O–H groups in total. The number of rotatable bonds is 6. The summed E-state index contributed by atoms with van der Waals surface area (Å²) in [7, 11) is 0. The number of nitrogens with zero attached hydrogens (tertiary/aromatic N) is 2. The maximum absolute atomic E-state index is 13.9. The van der Waals surface area contributed by atoms with Crippen LogP contribution in [0, 0.1) is 13.8 Å². The number of imide groups is 1. The molecule has 168 valence electrons. The van der Waals surface area contributed by atoms with Crippen LogP contribution in [0.3, 0.4) is 0 Å². The molecule has 2 aromatic rings. The summed E-state index contributed by atoms with van der Waals surface area (Å²) >= 11 is 0. The Labute approximate surface area is 191 Å². The van der Waals surface area contributed by atoms with Gasteiger partial charge in [-0.3, -0.25) is 14.5 Å². The average molecular weight is 431 g/mol. The van der Waals surface area contributed by atoms with E-state index in [9.17, 15) is 9.59 Å². The molecule has 4 heteroatoms. The molecule has 32 heavy (non-hydrogen) atoms. The van der Waals surface area contributed by atoms with Gasteiger partial charge in [-0.2, -0.15) is 0 Å². The number of hydrogen-bond acceptors (Lipinski definition) is 3. The highest BCUT2D eigenvalue weighted by Crippen LogP contribution is 2.37. The van der Waals surface area contributed by atoms with Gasteiger partial charge in [-0.25, -0.2) is 0 Å². The Balaban J connectivity index is 1.80. The summed E-state index contributed by atoms with van der Waals surface area (Å²) in [5.74, 6) is -0.231. The van der Waals surface area contributed by atoms with Crippen molar-refractivity contribution in [1.29, 1.82) is 0 Å². The highest BCUT2D eigenvalue weighted by atomic mass is 16.2. The second kappa shape index (κ2) is 9.72. The molecule has 1 heterocycles. The summed E-state index contributed by atoms with van der Waals surface area (Å²) in [6, 6.07) is 16.3. The summed E-state index contributed by atoms with van der Waals surface area (Å²) in [6.07, 6.45) is 6.36. The van der Waals surface area contributed by atoms with E-state index < -0.39 is 0 Å². The molecule has 1 aliphatic heterocycles. The lowest BCUT2D eigenvalue weighted by Crippen LogP contribution is -2.42. The number of aryl methyl sites for hydroxylation is 2. The molecule has 0 radical (unpaired) electrons. The molecule has 0 atom stereocenters. The van der Waals surface area contributed by atoms with Gasteiger partial charge in [0.05, 0.1) is 5.57 Å². The Hall–Kier alpha value is -2.88. The maximum atomic E-state index is 13.9. The van der Waals surface area contributed by atoms with E-state index in [-0.39, 0.29) is 17.9 Å². The molecular formula is C28H34N2O2. The zero-order valence-corrected chi connectivity index (χ0v) is 19.6. The average Bonchev–Trinajstić information content (AvgIpc) is 2.95. The molecule has 4 rings (SSSR count). The molecule has 2 amide bonds. The summed E-state index contributed by atoms with van der Waals surface area (Å²) in [5.41, 5.74) is 5.35. The number of carbonyl (C=O) groups excluding carboxylic acids is 2. The van der Waals surface area contributed by atoms with E-state index in [4.69, 9.17) is 0 Å². The zero-order chi connectivity index (χ0) is 22.7. The fourth-order valence-electron chi connectivity index (χ4n) is 5.17. The highest BCUT2D eigenvalue weighted by molar-refractivity contribution is 6.36. The smallest absolute Gasteiger partial charge is 0.278 e. The van der Waals surface area contributed by atoms with Crippen molar-refractivity contribution in [2.45, 2.75) is 71.9 Å². The van der Waals surface area contributed by atoms with E-state index in [1.807, 2.05) is 37.3 Å². The number of likely N-dealkylation sites (N-methyl/N-ethyl adjacent to an activating group) is 1. The van der Waals surface area contributed by atoms with Crippen LogP contribution in [0.1, 0.15) is 67.7 Å². The molecule has 2 aliphatic rings. The van der Waals surface area contributed by atoms with Gasteiger partial charge >= 0.3 is 0 Å². The van der Waals surface area contributed by atoms with Crippen molar-refractivity contribution in [1.82, 2.24) is 9.80 Å². The zero-order valence-electron chi connectivity index (χ0n) is 19.6. The van der Waals surface area contributed by atoms with Gasteiger partial charge in [0.2, 0.25) is 0 Å². The molecule has 1 saturated carbocycles. The topological polar surface area (TPSA) is 40.6 Å². The van der Waals surface area contributed by atoms with Crippen molar-refractivity contribution in [3.63, 3.8) is 0 Å². The van der Waals surface area contributed by atoms with Crippen molar-refractivity contribution in [2.24, 2.45) is 0 Å². The van der Waals surface area contributed by atoms with E-state index in [0.29, 0.717) is 24.4 Å². The van der Waals surface area contributed by atoms with Crippen LogP contribution in [-0.4, -0.2) is 34.2 Å². The van der Waals surface area contributed by atoms with Crippen molar-refractivity contribution in [2.75, 3.05) is 6.54 Å². The SMILES string of the molecule is CCN(Cc1ccccc1)C1=C(c2ccc(C)cc2C)C(=O)N(C2CCCCCC2)C1=O. The molecule has 1 fully saturated rings. The third-order valence-electron chi connectivity index (χ3n) is 6.85. The normalized spacial score (nSPS) is 17.8. The van der Waals surface area contributed by atoms with Crippen LogP contribution in [0.2, 0.25) is 0 Å². The third-order valence-corrected chi connectivity index (χ3v) is 6.85. The largest absolute Gasteiger partial charge is 0.362 e. The second-order valence-corrected chi connectivity index (χ2v) is 9.17. The lowest BCUT2D eigenvalue weighted by Gasteiger charge is -2.28. The first-order chi connectivity index (χ1) is 15.5. The molecule has 0 spiro atoms. The predicted octanol–water partition coefficient (Wildman–Crippen LogP) is 5.63. The minimum atomic E-state index is -0.116. The van der Waals surface area contributed by atoms with Gasteiger partial charge < -0.3 is 4.90 Å². The van der Waals surface area contributed by atoms with Crippen LogP contribution in [-0.2, 0) is 16.1 Å². The Kier molecular flexibility index (Phi) is 6.78. The first-order valence-corrected chi connectivity index (χ1v) is 12.0. The van der Waals surface area contributed by atoms with Crippen LogP contribution >= 0.6 is 0 Å². The van der Waals surface area contributed by atoms with Gasteiger partial charge in [-0.05, 0) is 50.3 Å². The number of amides is 2. The predicted molar refractivity (Wildman–Crippen MR) is 129 cm³/mol. The molecule has 0 bridgehead atoms. The summed E-state index contributed by atoms with van der Waals surface area (Å²) in [5, 5.41) is 0. The Bertz CT molecular complexity index is 1020. The van der Waals surface area contributed by atoms with Gasteiger partial charge in [0.15, 0.2) is 0 Å². The van der Waals surface area contributed by atoms with Crippen LogP contribution < -0.4 is 0 Å². The summed E-state index contributed by atoms with van der Waals surface area (Å²) in [4.78, 5) is 31.4.